The van der Waals surface area contributed by atoms with Crippen LogP contribution in [0.25, 0.3) is 0 Å². The number of nitrogens with two attached hydrogens (primary N) is 1. The van der Waals surface area contributed by atoms with Crippen molar-refractivity contribution in [2.45, 2.75) is 13.3 Å². The molecule has 0 rings (SSSR count). The number of hydrogen-bond donors (Lipinski definition) is 1. The Morgan fingerprint density at radius 3 is 2.50 bits per heavy atom. The van der Waals surface area contributed by atoms with Gasteiger partial charge in [0.1, 0.15) is 13.2 Å². The second-order valence-corrected chi connectivity index (χ2v) is 4.90. The summed E-state index contributed by atoms with van der Waals surface area (Å²) < 4.78 is 31.5. The molecule has 0 aromatic carbocycles. The van der Waals surface area contributed by atoms with Crippen molar-refractivity contribution in [3.05, 3.63) is 12.2 Å². The van der Waals surface area contributed by atoms with Crippen molar-refractivity contribution in [3.8, 4) is 0 Å². The van der Waals surface area contributed by atoms with E-state index in [2.05, 4.69) is 15.5 Å². The fourth-order valence-corrected chi connectivity index (χ4v) is 1.70. The molecule has 0 bridgehead atoms. The molecule has 7 heteroatoms. The third-order valence-electron chi connectivity index (χ3n) is 1.53. The van der Waals surface area contributed by atoms with Crippen LogP contribution in [0.1, 0.15) is 13.3 Å². The Morgan fingerprint density at radius 2 is 2.00 bits per heavy atom. The van der Waals surface area contributed by atoms with Gasteiger partial charge in [0.15, 0.2) is 0 Å². The maximum atomic E-state index is 11.1. The lowest BCUT2D eigenvalue weighted by atomic mass is 10.4. The summed E-state index contributed by atoms with van der Waals surface area (Å²) in [5.74, 6) is -0.694. The smallest absolute Gasteiger partial charge is 0.333 e. The Labute approximate surface area is 95.5 Å². The number of carbonyl (C=O) groups excluding carboxylic acids is 1. The van der Waals surface area contributed by atoms with Gasteiger partial charge in [0.05, 0.1) is 5.75 Å². The van der Waals surface area contributed by atoms with Crippen LogP contribution < -0.4 is 5.73 Å². The quantitative estimate of drug-likeness (QED) is 0.278. The molecule has 0 atom stereocenters. The maximum Gasteiger partial charge on any atom is 0.333 e. The summed E-state index contributed by atoms with van der Waals surface area (Å²) in [5, 5.41) is 0. The van der Waals surface area contributed by atoms with Crippen molar-refractivity contribution in [1.82, 2.24) is 0 Å². The first-order valence-electron chi connectivity index (χ1n) is 4.79. The molecule has 0 radical (unpaired) electrons. The number of ether oxygens (including phenoxy) is 1. The summed E-state index contributed by atoms with van der Waals surface area (Å²) in [7, 11) is -3.56. The van der Waals surface area contributed by atoms with Crippen LogP contribution in [0, 0.1) is 0 Å². The van der Waals surface area contributed by atoms with Gasteiger partial charge in [-0.1, -0.05) is 6.58 Å². The lowest BCUT2D eigenvalue weighted by Gasteiger charge is -2.06. The van der Waals surface area contributed by atoms with Gasteiger partial charge in [-0.05, 0) is 19.9 Å². The second-order valence-electron chi connectivity index (χ2n) is 3.14. The number of esters is 1. The summed E-state index contributed by atoms with van der Waals surface area (Å²) in [5.41, 5.74) is 5.42. The van der Waals surface area contributed by atoms with E-state index in [1.165, 1.54) is 6.92 Å². The molecule has 94 valence electrons. The van der Waals surface area contributed by atoms with Crippen LogP contribution in [-0.4, -0.2) is 39.9 Å². The molecular weight excluding hydrogens is 234 g/mol. The lowest BCUT2D eigenvalue weighted by molar-refractivity contribution is -0.139. The standard InChI is InChI=1S/C9H17NO5S/c1-8(2)9(11)14-5-6-15-16(12,13)7-3-4-10/h1,3-7,10H2,2H3. The molecule has 0 saturated carbocycles. The third-order valence-corrected chi connectivity index (χ3v) is 2.84. The molecule has 0 saturated heterocycles. The predicted octanol–water partition coefficient (Wildman–Crippen LogP) is -0.199. The van der Waals surface area contributed by atoms with E-state index in [0.29, 0.717) is 6.42 Å². The van der Waals surface area contributed by atoms with Crippen LogP contribution in [0.4, 0.5) is 0 Å². The van der Waals surface area contributed by atoms with Crippen LogP contribution in [0.5, 0.6) is 0 Å². The molecule has 0 aliphatic heterocycles. The van der Waals surface area contributed by atoms with Gasteiger partial charge in [-0.3, -0.25) is 4.18 Å². The Morgan fingerprint density at radius 1 is 1.38 bits per heavy atom. The molecule has 0 amide bonds. The molecule has 0 heterocycles. The summed E-state index contributed by atoms with van der Waals surface area (Å²) in [6.07, 6.45) is 0.341. The van der Waals surface area contributed by atoms with Crippen LogP contribution in [0.2, 0.25) is 0 Å². The second kappa shape index (κ2) is 7.37. The van der Waals surface area contributed by atoms with Crippen LogP contribution >= 0.6 is 0 Å². The van der Waals surface area contributed by atoms with Crippen molar-refractivity contribution in [2.75, 3.05) is 25.5 Å². The van der Waals surface area contributed by atoms with Gasteiger partial charge in [0.2, 0.25) is 0 Å². The number of hydrogen-bond acceptors (Lipinski definition) is 6. The maximum absolute atomic E-state index is 11.1. The fourth-order valence-electron chi connectivity index (χ4n) is 0.738. The molecule has 6 nitrogen and oxygen atoms in total. The van der Waals surface area contributed by atoms with E-state index in [-0.39, 0.29) is 31.1 Å². The van der Waals surface area contributed by atoms with E-state index in [9.17, 15) is 13.2 Å². The van der Waals surface area contributed by atoms with Gasteiger partial charge in [0.25, 0.3) is 10.1 Å². The fraction of sp³-hybridized carbons (Fsp3) is 0.667. The highest BCUT2D eigenvalue weighted by molar-refractivity contribution is 7.86. The molecule has 0 aliphatic rings. The molecule has 2 N–H and O–H groups in total. The Kier molecular flexibility index (Phi) is 6.95. The van der Waals surface area contributed by atoms with Crippen molar-refractivity contribution in [2.24, 2.45) is 5.73 Å². The van der Waals surface area contributed by atoms with Crippen molar-refractivity contribution >= 4 is 16.1 Å². The van der Waals surface area contributed by atoms with Crippen molar-refractivity contribution < 1.29 is 22.1 Å². The SMILES string of the molecule is C=C(C)C(=O)OCCOS(=O)(=O)CCCN. The minimum atomic E-state index is -3.56. The Balaban J connectivity index is 3.74. The van der Waals surface area contributed by atoms with Crippen molar-refractivity contribution in [1.29, 1.82) is 0 Å². The van der Waals surface area contributed by atoms with Crippen LogP contribution in [-0.2, 0) is 23.8 Å². The van der Waals surface area contributed by atoms with Gasteiger partial charge < -0.3 is 10.5 Å². The van der Waals surface area contributed by atoms with Gasteiger partial charge in [-0.15, -0.1) is 0 Å². The topological polar surface area (TPSA) is 95.7 Å². The molecule has 0 aromatic heterocycles. The van der Waals surface area contributed by atoms with Gasteiger partial charge in [-0.25, -0.2) is 4.79 Å². The van der Waals surface area contributed by atoms with E-state index in [1.807, 2.05) is 0 Å². The molecule has 0 unspecified atom stereocenters. The van der Waals surface area contributed by atoms with Crippen molar-refractivity contribution in [3.63, 3.8) is 0 Å². The molecule has 0 aliphatic carbocycles. The molecule has 16 heavy (non-hydrogen) atoms. The Bertz CT molecular complexity index is 336. The predicted molar refractivity (Wildman–Crippen MR) is 59.2 cm³/mol. The Hall–Kier alpha value is -0.920. The van der Waals surface area contributed by atoms with Gasteiger partial charge >= 0.3 is 5.97 Å². The molecule has 0 spiro atoms. The minimum Gasteiger partial charge on any atom is -0.460 e. The first kappa shape index (κ1) is 15.1. The number of carbonyl (C=O) groups is 1. The summed E-state index contributed by atoms with van der Waals surface area (Å²) in [6, 6.07) is 0. The highest BCUT2D eigenvalue weighted by atomic mass is 32.2. The summed E-state index contributed by atoms with van der Waals surface area (Å²) >= 11 is 0. The van der Waals surface area contributed by atoms with Gasteiger partial charge in [0, 0.05) is 5.57 Å². The monoisotopic (exact) mass is 251 g/mol. The highest BCUT2D eigenvalue weighted by Gasteiger charge is 2.10. The minimum absolute atomic E-state index is 0.118. The van der Waals surface area contributed by atoms with Gasteiger partial charge in [-0.2, -0.15) is 8.42 Å². The summed E-state index contributed by atoms with van der Waals surface area (Å²) in [4.78, 5) is 10.9. The van der Waals surface area contributed by atoms with Crippen LogP contribution in [0.15, 0.2) is 12.2 Å². The normalized spacial score (nSPS) is 11.1. The van der Waals surface area contributed by atoms with E-state index >= 15 is 0 Å². The largest absolute Gasteiger partial charge is 0.460 e. The molecule has 0 fully saturated rings. The zero-order chi connectivity index (χ0) is 12.6. The zero-order valence-electron chi connectivity index (χ0n) is 9.27. The molecular formula is C9H17NO5S. The van der Waals surface area contributed by atoms with E-state index in [0.717, 1.165) is 0 Å². The van der Waals surface area contributed by atoms with E-state index in [1.54, 1.807) is 0 Å². The van der Waals surface area contributed by atoms with E-state index in [4.69, 9.17) is 5.73 Å². The molecule has 0 aromatic rings. The first-order chi connectivity index (χ1) is 7.39. The third kappa shape index (κ3) is 7.38. The lowest BCUT2D eigenvalue weighted by Crippen LogP contribution is -2.18. The summed E-state index contributed by atoms with van der Waals surface area (Å²) in [6.45, 7) is 4.86. The highest BCUT2D eigenvalue weighted by Crippen LogP contribution is 1.97. The first-order valence-corrected chi connectivity index (χ1v) is 6.36. The zero-order valence-corrected chi connectivity index (χ0v) is 10.1. The van der Waals surface area contributed by atoms with Crippen LogP contribution in [0.3, 0.4) is 0 Å². The number of rotatable bonds is 8. The average molecular weight is 251 g/mol. The van der Waals surface area contributed by atoms with E-state index < -0.39 is 16.1 Å². The average Bonchev–Trinajstić information content (AvgIpc) is 2.21.